The lowest BCUT2D eigenvalue weighted by Crippen LogP contribution is -2.14. The van der Waals surface area contributed by atoms with Crippen LogP contribution in [0.5, 0.6) is 11.5 Å². The number of phenols is 1. The Labute approximate surface area is 164 Å². The summed E-state index contributed by atoms with van der Waals surface area (Å²) in [5, 5.41) is 27.7. The van der Waals surface area contributed by atoms with E-state index in [1.54, 1.807) is 24.4 Å². The van der Waals surface area contributed by atoms with Crippen LogP contribution in [-0.4, -0.2) is 25.7 Å². The molecule has 2 N–H and O–H groups in total. The average Bonchev–Trinajstić information content (AvgIpc) is 3.13. The average molecular weight is 403 g/mol. The highest BCUT2D eigenvalue weighted by Crippen LogP contribution is 2.28. The Kier molecular flexibility index (Phi) is 5.46. The molecule has 0 aliphatic rings. The van der Waals surface area contributed by atoms with E-state index in [4.69, 9.17) is 16.3 Å². The van der Waals surface area contributed by atoms with Gasteiger partial charge in [0.25, 0.3) is 11.6 Å². The Bertz CT molecular complexity index is 1050. The summed E-state index contributed by atoms with van der Waals surface area (Å²) in [6.07, 6.45) is 1.55. The molecule has 0 radical (unpaired) electrons. The number of benzene rings is 2. The van der Waals surface area contributed by atoms with E-state index in [0.29, 0.717) is 10.8 Å². The number of aromatic hydroxyl groups is 1. The number of hydrogen-bond donors (Lipinski definition) is 2. The van der Waals surface area contributed by atoms with Crippen LogP contribution in [0.4, 0.5) is 11.4 Å². The zero-order chi connectivity index (χ0) is 20.3. The van der Waals surface area contributed by atoms with E-state index < -0.39 is 10.8 Å². The van der Waals surface area contributed by atoms with Crippen molar-refractivity contribution in [3.8, 4) is 11.5 Å². The molecule has 0 saturated heterocycles. The van der Waals surface area contributed by atoms with Gasteiger partial charge in [-0.2, -0.15) is 5.10 Å². The maximum Gasteiger partial charge on any atom is 0.276 e. The molecule has 3 rings (SSSR count). The normalized spacial score (nSPS) is 10.5. The van der Waals surface area contributed by atoms with Crippen LogP contribution in [0.3, 0.4) is 0 Å². The lowest BCUT2D eigenvalue weighted by molar-refractivity contribution is -0.384. The van der Waals surface area contributed by atoms with Crippen molar-refractivity contribution in [2.24, 2.45) is 0 Å². The van der Waals surface area contributed by atoms with E-state index in [9.17, 15) is 20.0 Å². The van der Waals surface area contributed by atoms with Crippen LogP contribution in [0.15, 0.2) is 48.7 Å². The summed E-state index contributed by atoms with van der Waals surface area (Å²) in [7, 11) is 0. The number of rotatable bonds is 6. The Morgan fingerprint density at radius 3 is 2.82 bits per heavy atom. The van der Waals surface area contributed by atoms with Crippen molar-refractivity contribution in [2.75, 3.05) is 5.32 Å². The van der Waals surface area contributed by atoms with Gasteiger partial charge in [0, 0.05) is 23.4 Å². The molecule has 1 aromatic heterocycles. The topological polar surface area (TPSA) is 120 Å². The van der Waals surface area contributed by atoms with Gasteiger partial charge < -0.3 is 15.2 Å². The van der Waals surface area contributed by atoms with E-state index in [2.05, 4.69) is 10.4 Å². The van der Waals surface area contributed by atoms with Crippen LogP contribution < -0.4 is 10.1 Å². The van der Waals surface area contributed by atoms with Crippen LogP contribution in [0.2, 0.25) is 5.02 Å². The molecule has 28 heavy (non-hydrogen) atoms. The van der Waals surface area contributed by atoms with Crippen LogP contribution in [-0.2, 0) is 6.73 Å². The standard InChI is InChI=1S/C18H15ClN4O5/c1-11-8-13(3-4-14(11)19)28-10-22-7-6-15(21-22)18(25)20-16-9-12(23(26)27)2-5-17(16)24/h2-9,24H,10H2,1H3,(H,20,25). The number of anilines is 1. The van der Waals surface area contributed by atoms with Gasteiger partial charge in [-0.25, -0.2) is 4.68 Å². The van der Waals surface area contributed by atoms with Gasteiger partial charge in [-0.15, -0.1) is 0 Å². The number of phenolic OH excluding ortho intramolecular Hbond substituents is 1. The quantitative estimate of drug-likeness (QED) is 0.368. The van der Waals surface area contributed by atoms with Crippen LogP contribution in [0.1, 0.15) is 16.1 Å². The van der Waals surface area contributed by atoms with Crippen LogP contribution in [0.25, 0.3) is 0 Å². The van der Waals surface area contributed by atoms with Crippen molar-refractivity contribution in [1.29, 1.82) is 0 Å². The SMILES string of the molecule is Cc1cc(OCn2ccc(C(=O)Nc3cc([N+](=O)[O-])ccc3O)n2)ccc1Cl. The predicted octanol–water partition coefficient (Wildman–Crippen LogP) is 3.75. The van der Waals surface area contributed by atoms with Crippen LogP contribution in [0, 0.1) is 17.0 Å². The highest BCUT2D eigenvalue weighted by atomic mass is 35.5. The zero-order valence-electron chi connectivity index (χ0n) is 14.6. The Hall–Kier alpha value is -3.59. The molecule has 144 valence electrons. The Morgan fingerprint density at radius 2 is 2.11 bits per heavy atom. The summed E-state index contributed by atoms with van der Waals surface area (Å²) in [6, 6.07) is 10.0. The van der Waals surface area contributed by atoms with Gasteiger partial charge in [-0.3, -0.25) is 14.9 Å². The first-order valence-corrected chi connectivity index (χ1v) is 8.42. The predicted molar refractivity (Wildman–Crippen MR) is 102 cm³/mol. The molecule has 0 saturated carbocycles. The van der Waals surface area contributed by atoms with Crippen molar-refractivity contribution in [2.45, 2.75) is 13.7 Å². The number of nitro benzene ring substituents is 1. The van der Waals surface area contributed by atoms with E-state index >= 15 is 0 Å². The first-order valence-electron chi connectivity index (χ1n) is 8.04. The third kappa shape index (κ3) is 4.38. The molecule has 0 aliphatic heterocycles. The molecule has 1 amide bonds. The van der Waals surface area contributed by atoms with Gasteiger partial charge in [-0.1, -0.05) is 11.6 Å². The number of hydrogen-bond acceptors (Lipinski definition) is 6. The minimum atomic E-state index is -0.628. The van der Waals surface area contributed by atoms with E-state index in [-0.39, 0.29) is 29.5 Å². The van der Waals surface area contributed by atoms with Crippen LogP contribution >= 0.6 is 11.6 Å². The van der Waals surface area contributed by atoms with Crippen molar-refractivity contribution in [3.63, 3.8) is 0 Å². The van der Waals surface area contributed by atoms with Crippen molar-refractivity contribution >= 4 is 28.9 Å². The molecule has 0 bridgehead atoms. The smallest absolute Gasteiger partial charge is 0.276 e. The molecule has 0 fully saturated rings. The van der Waals surface area contributed by atoms with Crippen molar-refractivity contribution in [1.82, 2.24) is 9.78 Å². The zero-order valence-corrected chi connectivity index (χ0v) is 15.4. The maximum absolute atomic E-state index is 12.3. The van der Waals surface area contributed by atoms with E-state index in [1.807, 2.05) is 6.92 Å². The second-order valence-electron chi connectivity index (χ2n) is 5.84. The summed E-state index contributed by atoms with van der Waals surface area (Å²) >= 11 is 5.97. The number of nitrogens with zero attached hydrogens (tertiary/aromatic N) is 3. The molecule has 2 aromatic carbocycles. The molecule has 1 heterocycles. The number of halogens is 1. The van der Waals surface area contributed by atoms with Gasteiger partial charge in [-0.05, 0) is 42.8 Å². The third-order valence-electron chi connectivity index (χ3n) is 3.81. The fraction of sp³-hybridized carbons (Fsp3) is 0.111. The van der Waals surface area contributed by atoms with Gasteiger partial charge in [0.15, 0.2) is 12.4 Å². The summed E-state index contributed by atoms with van der Waals surface area (Å²) in [4.78, 5) is 22.5. The summed E-state index contributed by atoms with van der Waals surface area (Å²) < 4.78 is 7.00. The summed E-state index contributed by atoms with van der Waals surface area (Å²) in [5.74, 6) is -0.318. The molecule has 0 spiro atoms. The number of aryl methyl sites for hydroxylation is 1. The van der Waals surface area contributed by atoms with Gasteiger partial charge in [0.05, 0.1) is 10.6 Å². The second-order valence-corrected chi connectivity index (χ2v) is 6.24. The molecular weight excluding hydrogens is 388 g/mol. The van der Waals surface area contributed by atoms with Crippen molar-refractivity contribution in [3.05, 3.63) is 75.1 Å². The lowest BCUT2D eigenvalue weighted by atomic mass is 10.2. The largest absolute Gasteiger partial charge is 0.506 e. The van der Waals surface area contributed by atoms with Gasteiger partial charge >= 0.3 is 0 Å². The Morgan fingerprint density at radius 1 is 1.32 bits per heavy atom. The molecule has 9 nitrogen and oxygen atoms in total. The number of carbonyl (C=O) groups is 1. The van der Waals surface area contributed by atoms with Gasteiger partial charge in [0.2, 0.25) is 0 Å². The minimum absolute atomic E-state index is 0.0572. The molecule has 0 atom stereocenters. The highest BCUT2D eigenvalue weighted by Gasteiger charge is 2.15. The number of carbonyl (C=O) groups excluding carboxylic acids is 1. The van der Waals surface area contributed by atoms with Gasteiger partial charge in [0.1, 0.15) is 11.5 Å². The monoisotopic (exact) mass is 402 g/mol. The minimum Gasteiger partial charge on any atom is -0.506 e. The second kappa shape index (κ2) is 7.97. The lowest BCUT2D eigenvalue weighted by Gasteiger charge is -2.08. The first-order chi connectivity index (χ1) is 13.3. The highest BCUT2D eigenvalue weighted by molar-refractivity contribution is 6.31. The van der Waals surface area contributed by atoms with Crippen molar-refractivity contribution < 1.29 is 19.6 Å². The number of nitro groups is 1. The van der Waals surface area contributed by atoms with E-state index in [1.165, 1.54) is 10.7 Å². The molecular formula is C18H15ClN4O5. The number of amides is 1. The van der Waals surface area contributed by atoms with E-state index in [0.717, 1.165) is 23.8 Å². The Balaban J connectivity index is 1.66. The third-order valence-corrected chi connectivity index (χ3v) is 4.23. The molecule has 0 aliphatic carbocycles. The summed E-state index contributed by atoms with van der Waals surface area (Å²) in [5.41, 5.74) is 0.588. The first kappa shape index (κ1) is 19.2. The number of aromatic nitrogens is 2. The number of non-ortho nitro benzene ring substituents is 1. The summed E-state index contributed by atoms with van der Waals surface area (Å²) in [6.45, 7) is 1.92. The molecule has 0 unspecified atom stereocenters. The number of ether oxygens (including phenoxy) is 1. The fourth-order valence-corrected chi connectivity index (χ4v) is 2.44. The molecule has 10 heteroatoms. The number of nitrogens with one attached hydrogen (secondary N) is 1. The molecule has 3 aromatic rings. The maximum atomic E-state index is 12.3. The fourth-order valence-electron chi connectivity index (χ4n) is 2.33.